The molecule has 2 aliphatic heterocycles. The quantitative estimate of drug-likeness (QED) is 0.733. The summed E-state index contributed by atoms with van der Waals surface area (Å²) in [6.45, 7) is 3.17. The maximum Gasteiger partial charge on any atom is 0.204 e. The number of pyridine rings is 1. The van der Waals surface area contributed by atoms with Crippen LogP contribution in [0.2, 0.25) is 0 Å². The van der Waals surface area contributed by atoms with Gasteiger partial charge in [-0.25, -0.2) is 4.98 Å². The SMILES string of the molecule is C1COC2(C1)CNC2.N#Cc1cc2c(Br)c(NC3CCCCC3)ncc2o1. The van der Waals surface area contributed by atoms with Crippen LogP contribution in [0.4, 0.5) is 5.82 Å². The zero-order valence-corrected chi connectivity index (χ0v) is 17.0. The van der Waals surface area contributed by atoms with Gasteiger partial charge in [0.05, 0.1) is 16.3 Å². The van der Waals surface area contributed by atoms with Crippen LogP contribution in [0.5, 0.6) is 0 Å². The minimum atomic E-state index is 0.306. The van der Waals surface area contributed by atoms with Gasteiger partial charge in [-0.1, -0.05) is 19.3 Å². The van der Waals surface area contributed by atoms with E-state index in [-0.39, 0.29) is 0 Å². The van der Waals surface area contributed by atoms with E-state index in [1.807, 2.05) is 6.07 Å². The Kier molecular flexibility index (Phi) is 5.67. The summed E-state index contributed by atoms with van der Waals surface area (Å²) in [6, 6.07) is 4.25. The lowest BCUT2D eigenvalue weighted by Gasteiger charge is -2.37. The molecule has 0 atom stereocenters. The van der Waals surface area contributed by atoms with Gasteiger partial charge in [-0.3, -0.25) is 0 Å². The molecule has 6 nitrogen and oxygen atoms in total. The first kappa shape index (κ1) is 18.7. The van der Waals surface area contributed by atoms with Crippen LogP contribution in [0.3, 0.4) is 0 Å². The van der Waals surface area contributed by atoms with Gasteiger partial charge in [0.2, 0.25) is 5.76 Å². The van der Waals surface area contributed by atoms with Crippen molar-refractivity contribution in [3.63, 3.8) is 0 Å². The van der Waals surface area contributed by atoms with Gasteiger partial charge < -0.3 is 19.8 Å². The summed E-state index contributed by atoms with van der Waals surface area (Å²) in [4.78, 5) is 4.39. The molecule has 1 spiro atoms. The summed E-state index contributed by atoms with van der Waals surface area (Å²) in [6.07, 6.45) is 10.5. The monoisotopic (exact) mass is 432 g/mol. The predicted octanol–water partition coefficient (Wildman–Crippen LogP) is 4.35. The van der Waals surface area contributed by atoms with Crippen LogP contribution >= 0.6 is 15.9 Å². The van der Waals surface area contributed by atoms with E-state index < -0.39 is 0 Å². The van der Waals surface area contributed by atoms with E-state index in [4.69, 9.17) is 14.4 Å². The van der Waals surface area contributed by atoms with Crippen LogP contribution in [-0.2, 0) is 4.74 Å². The molecule has 1 saturated carbocycles. The van der Waals surface area contributed by atoms with E-state index in [0.717, 1.165) is 35.4 Å². The molecule has 3 fully saturated rings. The van der Waals surface area contributed by atoms with E-state index in [1.165, 1.54) is 44.9 Å². The molecular weight excluding hydrogens is 408 g/mol. The van der Waals surface area contributed by atoms with Crippen molar-refractivity contribution in [1.82, 2.24) is 10.3 Å². The third-order valence-electron chi connectivity index (χ3n) is 5.65. The second kappa shape index (κ2) is 8.17. The van der Waals surface area contributed by atoms with Crippen molar-refractivity contribution in [1.29, 1.82) is 5.26 Å². The molecule has 1 aliphatic carbocycles. The van der Waals surface area contributed by atoms with E-state index in [9.17, 15) is 0 Å². The number of furan rings is 1. The molecule has 2 N–H and O–H groups in total. The zero-order valence-electron chi connectivity index (χ0n) is 15.4. The first-order chi connectivity index (χ1) is 13.2. The number of anilines is 1. The summed E-state index contributed by atoms with van der Waals surface area (Å²) in [5.41, 5.74) is 0.942. The number of fused-ring (bicyclic) bond motifs is 1. The molecule has 0 amide bonds. The molecule has 2 saturated heterocycles. The topological polar surface area (TPSA) is 83.1 Å². The molecule has 2 aromatic heterocycles. The van der Waals surface area contributed by atoms with Crippen molar-refractivity contribution in [2.45, 2.75) is 56.6 Å². The first-order valence-corrected chi connectivity index (χ1v) is 10.6. The highest BCUT2D eigenvalue weighted by Crippen LogP contribution is 2.33. The third-order valence-corrected chi connectivity index (χ3v) is 6.45. The molecule has 2 aromatic rings. The Morgan fingerprint density at radius 1 is 1.26 bits per heavy atom. The molecule has 27 heavy (non-hydrogen) atoms. The van der Waals surface area contributed by atoms with Gasteiger partial charge in [0.15, 0.2) is 5.58 Å². The highest BCUT2D eigenvalue weighted by atomic mass is 79.9. The molecule has 3 aliphatic rings. The van der Waals surface area contributed by atoms with E-state index in [0.29, 0.717) is 23.0 Å². The lowest BCUT2D eigenvalue weighted by molar-refractivity contribution is -0.0358. The molecule has 4 heterocycles. The van der Waals surface area contributed by atoms with Crippen LogP contribution in [0.25, 0.3) is 11.0 Å². The van der Waals surface area contributed by atoms with E-state index >= 15 is 0 Å². The molecule has 7 heteroatoms. The largest absolute Gasteiger partial charge is 0.444 e. The predicted molar refractivity (Wildman–Crippen MR) is 108 cm³/mol. The van der Waals surface area contributed by atoms with E-state index in [1.54, 1.807) is 12.3 Å². The highest BCUT2D eigenvalue weighted by molar-refractivity contribution is 9.10. The fourth-order valence-corrected chi connectivity index (χ4v) is 4.54. The van der Waals surface area contributed by atoms with Gasteiger partial charge in [0.1, 0.15) is 11.9 Å². The maximum absolute atomic E-state index is 8.86. The van der Waals surface area contributed by atoms with Gasteiger partial charge in [-0.2, -0.15) is 5.26 Å². The average Bonchev–Trinajstić information content (AvgIpc) is 3.32. The number of nitrogens with one attached hydrogen (secondary N) is 2. The number of nitriles is 1. The fraction of sp³-hybridized carbons (Fsp3) is 0.600. The molecule has 0 aromatic carbocycles. The number of hydrogen-bond donors (Lipinski definition) is 2. The Morgan fingerprint density at radius 3 is 2.67 bits per heavy atom. The lowest BCUT2D eigenvalue weighted by Crippen LogP contribution is -2.58. The van der Waals surface area contributed by atoms with Crippen molar-refractivity contribution >= 4 is 32.7 Å². The zero-order chi connectivity index (χ0) is 18.7. The number of halogens is 1. The fourth-order valence-electron chi connectivity index (χ4n) is 4.01. The summed E-state index contributed by atoms with van der Waals surface area (Å²) in [7, 11) is 0. The lowest BCUT2D eigenvalue weighted by atomic mass is 9.94. The van der Waals surface area contributed by atoms with Gasteiger partial charge in [-0.15, -0.1) is 0 Å². The summed E-state index contributed by atoms with van der Waals surface area (Å²) in [5.74, 6) is 1.15. The summed E-state index contributed by atoms with van der Waals surface area (Å²) < 4.78 is 11.8. The van der Waals surface area contributed by atoms with Crippen molar-refractivity contribution < 1.29 is 9.15 Å². The number of hydrogen-bond acceptors (Lipinski definition) is 6. The molecular formula is C20H25BrN4O2. The van der Waals surface area contributed by atoms with Crippen molar-refractivity contribution in [2.75, 3.05) is 25.0 Å². The third kappa shape index (κ3) is 4.13. The molecule has 0 unspecified atom stereocenters. The van der Waals surface area contributed by atoms with Crippen molar-refractivity contribution in [3.05, 3.63) is 22.5 Å². The molecule has 0 bridgehead atoms. The number of ether oxygens (including phenoxy) is 1. The van der Waals surface area contributed by atoms with Gasteiger partial charge >= 0.3 is 0 Å². The summed E-state index contributed by atoms with van der Waals surface area (Å²) >= 11 is 3.56. The van der Waals surface area contributed by atoms with Crippen LogP contribution in [0.15, 0.2) is 21.2 Å². The Morgan fingerprint density at radius 2 is 2.07 bits per heavy atom. The minimum absolute atomic E-state index is 0.306. The van der Waals surface area contributed by atoms with E-state index in [2.05, 4.69) is 31.5 Å². The van der Waals surface area contributed by atoms with Crippen molar-refractivity contribution in [2.24, 2.45) is 0 Å². The Labute approximate surface area is 167 Å². The number of nitrogens with zero attached hydrogens (tertiary/aromatic N) is 2. The average molecular weight is 433 g/mol. The van der Waals surface area contributed by atoms with Crippen LogP contribution < -0.4 is 10.6 Å². The van der Waals surface area contributed by atoms with Crippen LogP contribution in [-0.4, -0.2) is 36.3 Å². The molecule has 5 rings (SSSR count). The van der Waals surface area contributed by atoms with Crippen LogP contribution in [0, 0.1) is 11.3 Å². The molecule has 144 valence electrons. The summed E-state index contributed by atoms with van der Waals surface area (Å²) in [5, 5.41) is 16.5. The highest BCUT2D eigenvalue weighted by Gasteiger charge is 2.40. The normalized spacial score (nSPS) is 21.3. The minimum Gasteiger partial charge on any atom is -0.444 e. The Balaban J connectivity index is 0.000000186. The molecule has 0 radical (unpaired) electrons. The smallest absolute Gasteiger partial charge is 0.204 e. The Bertz CT molecular complexity index is 826. The van der Waals surface area contributed by atoms with Gasteiger partial charge in [0.25, 0.3) is 0 Å². The number of rotatable bonds is 2. The van der Waals surface area contributed by atoms with Crippen molar-refractivity contribution in [3.8, 4) is 6.07 Å². The second-order valence-electron chi connectivity index (χ2n) is 7.64. The maximum atomic E-state index is 8.86. The number of aromatic nitrogens is 1. The Hall–Kier alpha value is -1.62. The van der Waals surface area contributed by atoms with Crippen LogP contribution in [0.1, 0.15) is 50.7 Å². The van der Waals surface area contributed by atoms with Gasteiger partial charge in [-0.05, 0) is 41.6 Å². The second-order valence-corrected chi connectivity index (χ2v) is 8.43. The first-order valence-electron chi connectivity index (χ1n) is 9.78. The standard InChI is InChI=1S/C14H14BrN3O.C6H11NO/c15-13-11-6-10(7-16)19-12(11)8-17-14(13)18-9-4-2-1-3-5-9;1-2-6(8-3-1)4-7-5-6/h6,8-9H,1-5H2,(H,17,18);7H,1-5H2. The van der Waals surface area contributed by atoms with Gasteiger partial charge in [0, 0.05) is 37.2 Å².